The Balaban J connectivity index is 1.66. The molecule has 4 heteroatoms. The molecule has 0 aliphatic carbocycles. The van der Waals surface area contributed by atoms with E-state index in [4.69, 9.17) is 0 Å². The van der Waals surface area contributed by atoms with Crippen molar-refractivity contribution in [2.24, 2.45) is 0 Å². The van der Waals surface area contributed by atoms with E-state index in [0.29, 0.717) is 0 Å². The second-order valence-electron chi connectivity index (χ2n) is 15.6. The molecule has 0 saturated heterocycles. The molecule has 0 saturated carbocycles. The second kappa shape index (κ2) is 15.1. The molecule has 0 amide bonds. The van der Waals surface area contributed by atoms with Gasteiger partial charge in [-0.3, -0.25) is 0 Å². The molecule has 282 valence electrons. The molecule has 7 rings (SSSR count). The molecule has 7 aromatic carbocycles. The van der Waals surface area contributed by atoms with Gasteiger partial charge in [0.1, 0.15) is 23.0 Å². The first kappa shape index (κ1) is 38.0. The number of benzene rings is 7. The fraction of sp³-hybridized carbons (Fsp3) is 0.192. The van der Waals surface area contributed by atoms with Gasteiger partial charge in [0.15, 0.2) is 0 Å². The molecule has 0 aliphatic rings. The van der Waals surface area contributed by atoms with E-state index in [0.717, 1.165) is 83.5 Å². The Labute approximate surface area is 331 Å². The topological polar surface area (TPSA) is 80.9 Å². The van der Waals surface area contributed by atoms with E-state index in [1.807, 2.05) is 108 Å². The first-order valence-electron chi connectivity index (χ1n) is 19.2. The van der Waals surface area contributed by atoms with Crippen LogP contribution < -0.4 is 0 Å². The third kappa shape index (κ3) is 6.81. The molecule has 4 N–H and O–H groups in total. The van der Waals surface area contributed by atoms with Crippen LogP contribution in [0.1, 0.15) is 102 Å². The standard InChI is InChI=1S/C52H50O4/c1-31-23-39(24-32(2)48(31)53)46(37-17-11-8-12-18-37)44-29-43(52(7,41-21-15-10-16-22-41)42-27-35(5)50(55)36(6)28-42)30-45(51(44)56)47(38-19-13-9-14-20-38)40-25-33(3)49(54)34(4)26-40/h8-30,46-47,53-56H,1-7H3. The average Bonchev–Trinajstić information content (AvgIpc) is 3.20. The Morgan fingerprint density at radius 2 is 0.643 bits per heavy atom. The minimum Gasteiger partial charge on any atom is -0.507 e. The highest BCUT2D eigenvalue weighted by Gasteiger charge is 2.36. The lowest BCUT2D eigenvalue weighted by Gasteiger charge is -2.35. The van der Waals surface area contributed by atoms with E-state index in [-0.39, 0.29) is 23.0 Å². The summed E-state index contributed by atoms with van der Waals surface area (Å²) >= 11 is 0. The fourth-order valence-corrected chi connectivity index (χ4v) is 8.63. The van der Waals surface area contributed by atoms with Gasteiger partial charge in [-0.2, -0.15) is 0 Å². The van der Waals surface area contributed by atoms with Gasteiger partial charge < -0.3 is 20.4 Å². The summed E-state index contributed by atoms with van der Waals surface area (Å²) in [7, 11) is 0. The third-order valence-electron chi connectivity index (χ3n) is 11.7. The predicted molar refractivity (Wildman–Crippen MR) is 228 cm³/mol. The van der Waals surface area contributed by atoms with Gasteiger partial charge in [-0.1, -0.05) is 127 Å². The summed E-state index contributed by atoms with van der Waals surface area (Å²) in [6.07, 6.45) is 0. The first-order valence-corrected chi connectivity index (χ1v) is 19.2. The minimum atomic E-state index is -0.744. The molecule has 3 unspecified atom stereocenters. The number of hydrogen-bond donors (Lipinski definition) is 4. The average molecular weight is 739 g/mol. The van der Waals surface area contributed by atoms with Gasteiger partial charge in [0.05, 0.1) is 0 Å². The summed E-state index contributed by atoms with van der Waals surface area (Å²) in [5.41, 5.74) is 12.3. The van der Waals surface area contributed by atoms with Gasteiger partial charge >= 0.3 is 0 Å². The van der Waals surface area contributed by atoms with E-state index < -0.39 is 17.3 Å². The first-order chi connectivity index (χ1) is 26.8. The summed E-state index contributed by atoms with van der Waals surface area (Å²) in [6.45, 7) is 13.8. The molecule has 0 aromatic heterocycles. The largest absolute Gasteiger partial charge is 0.507 e. The Hall–Kier alpha value is -6.26. The van der Waals surface area contributed by atoms with E-state index >= 15 is 0 Å². The van der Waals surface area contributed by atoms with Gasteiger partial charge in [-0.25, -0.2) is 0 Å². The number of rotatable bonds is 9. The zero-order chi connectivity index (χ0) is 39.9. The molecule has 0 fully saturated rings. The number of aromatic hydroxyl groups is 4. The summed E-state index contributed by atoms with van der Waals surface area (Å²) in [5, 5.41) is 45.9. The lowest BCUT2D eigenvalue weighted by molar-refractivity contribution is 0.457. The summed E-state index contributed by atoms with van der Waals surface area (Å²) < 4.78 is 0. The lowest BCUT2D eigenvalue weighted by atomic mass is 9.68. The predicted octanol–water partition coefficient (Wildman–Crippen LogP) is 12.1. The number of phenols is 4. The van der Waals surface area contributed by atoms with Crippen LogP contribution in [-0.4, -0.2) is 20.4 Å². The van der Waals surface area contributed by atoms with Crippen molar-refractivity contribution in [3.8, 4) is 23.0 Å². The van der Waals surface area contributed by atoms with Gasteiger partial charge in [0, 0.05) is 28.4 Å². The van der Waals surface area contributed by atoms with E-state index in [2.05, 4.69) is 79.7 Å². The Bertz CT molecular complexity index is 2350. The number of hydrogen-bond acceptors (Lipinski definition) is 4. The normalized spacial score (nSPS) is 13.6. The number of phenolic OH excluding ortho intramolecular Hbond substituents is 4. The Morgan fingerprint density at radius 1 is 0.339 bits per heavy atom. The summed E-state index contributed by atoms with van der Waals surface area (Å²) in [4.78, 5) is 0. The highest BCUT2D eigenvalue weighted by atomic mass is 16.3. The third-order valence-corrected chi connectivity index (χ3v) is 11.7. The molecule has 0 heterocycles. The maximum atomic E-state index is 13.1. The SMILES string of the molecule is Cc1cc(C(c2ccccc2)c2cc(C(C)(c3ccccc3)c3cc(C)c(O)c(C)c3)cc(C(c3ccccc3)c3cc(C)c(O)c(C)c3)c2O)cc(C)c1O. The van der Waals surface area contributed by atoms with E-state index in [9.17, 15) is 20.4 Å². The minimum absolute atomic E-state index is 0.177. The van der Waals surface area contributed by atoms with E-state index in [1.165, 1.54) is 0 Å². The van der Waals surface area contributed by atoms with Crippen LogP contribution in [0.4, 0.5) is 0 Å². The maximum Gasteiger partial charge on any atom is 0.123 e. The van der Waals surface area contributed by atoms with Crippen molar-refractivity contribution < 1.29 is 20.4 Å². The fourth-order valence-electron chi connectivity index (χ4n) is 8.63. The second-order valence-corrected chi connectivity index (χ2v) is 15.6. The quantitative estimate of drug-likeness (QED) is 0.111. The smallest absolute Gasteiger partial charge is 0.123 e. The van der Waals surface area contributed by atoms with Gasteiger partial charge in [0.2, 0.25) is 0 Å². The van der Waals surface area contributed by atoms with Gasteiger partial charge in [-0.15, -0.1) is 0 Å². The molecule has 56 heavy (non-hydrogen) atoms. The van der Waals surface area contributed by atoms with Crippen molar-refractivity contribution in [3.05, 3.63) is 223 Å². The van der Waals surface area contributed by atoms with Crippen molar-refractivity contribution >= 4 is 0 Å². The van der Waals surface area contributed by atoms with Crippen molar-refractivity contribution in [1.29, 1.82) is 0 Å². The van der Waals surface area contributed by atoms with Crippen LogP contribution in [0.15, 0.2) is 140 Å². The van der Waals surface area contributed by atoms with Crippen LogP contribution in [0, 0.1) is 41.5 Å². The van der Waals surface area contributed by atoms with Crippen LogP contribution in [0.2, 0.25) is 0 Å². The summed E-state index contributed by atoms with van der Waals surface area (Å²) in [6, 6.07) is 47.5. The van der Waals surface area contributed by atoms with Gasteiger partial charge in [-0.05, 0) is 133 Å². The van der Waals surface area contributed by atoms with Crippen molar-refractivity contribution in [2.45, 2.75) is 65.7 Å². The molecule has 4 nitrogen and oxygen atoms in total. The van der Waals surface area contributed by atoms with Crippen molar-refractivity contribution in [1.82, 2.24) is 0 Å². The van der Waals surface area contributed by atoms with Crippen molar-refractivity contribution in [2.75, 3.05) is 0 Å². The van der Waals surface area contributed by atoms with Crippen LogP contribution in [0.3, 0.4) is 0 Å². The Morgan fingerprint density at radius 3 is 1.00 bits per heavy atom. The van der Waals surface area contributed by atoms with Crippen LogP contribution in [0.25, 0.3) is 0 Å². The number of aryl methyl sites for hydroxylation is 6. The zero-order valence-electron chi connectivity index (χ0n) is 33.2. The lowest BCUT2D eigenvalue weighted by Crippen LogP contribution is -2.27. The van der Waals surface area contributed by atoms with Gasteiger partial charge in [0.25, 0.3) is 0 Å². The molecule has 0 bridgehead atoms. The van der Waals surface area contributed by atoms with Crippen molar-refractivity contribution in [3.63, 3.8) is 0 Å². The van der Waals surface area contributed by atoms with Crippen LogP contribution in [-0.2, 0) is 5.41 Å². The van der Waals surface area contributed by atoms with E-state index in [1.54, 1.807) is 0 Å². The molecule has 0 radical (unpaired) electrons. The highest BCUT2D eigenvalue weighted by Crippen LogP contribution is 2.50. The highest BCUT2D eigenvalue weighted by molar-refractivity contribution is 5.64. The molecule has 7 aromatic rings. The Kier molecular flexibility index (Phi) is 10.3. The maximum absolute atomic E-state index is 13.1. The summed E-state index contributed by atoms with van der Waals surface area (Å²) in [5.74, 6) is 0.163. The van der Waals surface area contributed by atoms with Crippen LogP contribution in [0.5, 0.6) is 23.0 Å². The monoisotopic (exact) mass is 738 g/mol. The molecular formula is C52H50O4. The molecule has 3 atom stereocenters. The molecule has 0 aliphatic heterocycles. The van der Waals surface area contributed by atoms with Crippen LogP contribution >= 0.6 is 0 Å². The molecule has 0 spiro atoms. The molecular weight excluding hydrogens is 689 g/mol. The zero-order valence-corrected chi connectivity index (χ0v) is 33.2.